The third-order valence-electron chi connectivity index (χ3n) is 5.71. The summed E-state index contributed by atoms with van der Waals surface area (Å²) in [7, 11) is 0. The lowest BCUT2D eigenvalue weighted by molar-refractivity contribution is -0.135. The summed E-state index contributed by atoms with van der Waals surface area (Å²) in [6.45, 7) is 6.31. The molecule has 1 N–H and O–H groups in total. The topological polar surface area (TPSA) is 61.9 Å². The molecule has 2 aromatic rings. The lowest BCUT2D eigenvalue weighted by Gasteiger charge is -2.35. The number of nitrogens with one attached hydrogen (secondary N) is 1. The second kappa shape index (κ2) is 8.66. The summed E-state index contributed by atoms with van der Waals surface area (Å²) in [5.41, 5.74) is 4.55. The van der Waals surface area contributed by atoms with Gasteiger partial charge in [-0.2, -0.15) is 0 Å². The highest BCUT2D eigenvalue weighted by Gasteiger charge is 2.22. The number of ether oxygens (including phenoxy) is 1. The fourth-order valence-corrected chi connectivity index (χ4v) is 3.87. The van der Waals surface area contributed by atoms with Crippen LogP contribution in [0.3, 0.4) is 0 Å². The van der Waals surface area contributed by atoms with Crippen LogP contribution in [0.4, 0.5) is 5.69 Å². The van der Waals surface area contributed by atoms with E-state index in [1.807, 2.05) is 17.0 Å². The van der Waals surface area contributed by atoms with Gasteiger partial charge in [-0.1, -0.05) is 24.3 Å². The van der Waals surface area contributed by atoms with E-state index in [1.165, 1.54) is 11.1 Å². The SMILES string of the molecule is Cc1ccccc1CN1CCN(C(=O)COc2ccc3c(c2)CCC(=O)N3)CC1. The van der Waals surface area contributed by atoms with Gasteiger partial charge >= 0.3 is 0 Å². The summed E-state index contributed by atoms with van der Waals surface area (Å²) >= 11 is 0. The van der Waals surface area contributed by atoms with Crippen molar-refractivity contribution in [3.63, 3.8) is 0 Å². The van der Waals surface area contributed by atoms with E-state index >= 15 is 0 Å². The number of fused-ring (bicyclic) bond motifs is 1. The number of rotatable bonds is 5. The number of amides is 2. The Hall–Kier alpha value is -2.86. The molecule has 0 aromatic heterocycles. The molecule has 1 saturated heterocycles. The van der Waals surface area contributed by atoms with Crippen molar-refractivity contribution in [3.05, 3.63) is 59.2 Å². The second-order valence-corrected chi connectivity index (χ2v) is 7.74. The van der Waals surface area contributed by atoms with E-state index < -0.39 is 0 Å². The molecule has 4 rings (SSSR count). The number of carbonyl (C=O) groups excluding carboxylic acids is 2. The number of aryl methyl sites for hydroxylation is 2. The number of anilines is 1. The predicted octanol–water partition coefficient (Wildman–Crippen LogP) is 2.60. The van der Waals surface area contributed by atoms with Crippen LogP contribution in [0.2, 0.25) is 0 Å². The van der Waals surface area contributed by atoms with Crippen LogP contribution < -0.4 is 10.1 Å². The Morgan fingerprint density at radius 2 is 1.86 bits per heavy atom. The molecule has 2 aromatic carbocycles. The molecule has 0 unspecified atom stereocenters. The van der Waals surface area contributed by atoms with Crippen molar-refractivity contribution in [1.82, 2.24) is 9.80 Å². The highest BCUT2D eigenvalue weighted by atomic mass is 16.5. The van der Waals surface area contributed by atoms with Crippen LogP contribution in [0.1, 0.15) is 23.1 Å². The second-order valence-electron chi connectivity index (χ2n) is 7.74. The number of hydrogen-bond acceptors (Lipinski definition) is 4. The molecule has 6 nitrogen and oxygen atoms in total. The maximum Gasteiger partial charge on any atom is 0.260 e. The molecular weight excluding hydrogens is 366 g/mol. The van der Waals surface area contributed by atoms with E-state index in [0.29, 0.717) is 18.6 Å². The molecular formula is C23H27N3O3. The summed E-state index contributed by atoms with van der Waals surface area (Å²) in [6, 6.07) is 14.0. The highest BCUT2D eigenvalue weighted by Crippen LogP contribution is 2.26. The average molecular weight is 393 g/mol. The minimum Gasteiger partial charge on any atom is -0.484 e. The normalized spacial score (nSPS) is 16.9. The fourth-order valence-electron chi connectivity index (χ4n) is 3.87. The summed E-state index contributed by atoms with van der Waals surface area (Å²) in [5.74, 6) is 0.737. The number of carbonyl (C=O) groups is 2. The van der Waals surface area contributed by atoms with Gasteiger partial charge in [0.05, 0.1) is 0 Å². The largest absolute Gasteiger partial charge is 0.484 e. The Morgan fingerprint density at radius 3 is 2.66 bits per heavy atom. The molecule has 0 saturated carbocycles. The quantitative estimate of drug-likeness (QED) is 0.848. The summed E-state index contributed by atoms with van der Waals surface area (Å²) < 4.78 is 5.73. The van der Waals surface area contributed by atoms with E-state index in [-0.39, 0.29) is 18.4 Å². The van der Waals surface area contributed by atoms with Gasteiger partial charge in [-0.15, -0.1) is 0 Å². The van der Waals surface area contributed by atoms with Crippen LogP contribution in [0, 0.1) is 6.92 Å². The van der Waals surface area contributed by atoms with E-state index in [9.17, 15) is 9.59 Å². The highest BCUT2D eigenvalue weighted by molar-refractivity contribution is 5.94. The van der Waals surface area contributed by atoms with Gasteiger partial charge in [0.25, 0.3) is 5.91 Å². The van der Waals surface area contributed by atoms with Crippen molar-refractivity contribution in [1.29, 1.82) is 0 Å². The molecule has 0 radical (unpaired) electrons. The zero-order valence-corrected chi connectivity index (χ0v) is 16.8. The first kappa shape index (κ1) is 19.5. The van der Waals surface area contributed by atoms with E-state index in [0.717, 1.165) is 44.0 Å². The number of hydrogen-bond donors (Lipinski definition) is 1. The maximum atomic E-state index is 12.5. The average Bonchev–Trinajstić information content (AvgIpc) is 2.74. The van der Waals surface area contributed by atoms with Crippen molar-refractivity contribution in [3.8, 4) is 5.75 Å². The zero-order chi connectivity index (χ0) is 20.2. The van der Waals surface area contributed by atoms with Crippen molar-refractivity contribution in [2.24, 2.45) is 0 Å². The molecule has 2 amide bonds. The van der Waals surface area contributed by atoms with Crippen molar-refractivity contribution >= 4 is 17.5 Å². The first-order chi connectivity index (χ1) is 14.1. The van der Waals surface area contributed by atoms with Crippen LogP contribution in [0.25, 0.3) is 0 Å². The predicted molar refractivity (Wildman–Crippen MR) is 112 cm³/mol. The molecule has 2 aliphatic heterocycles. The van der Waals surface area contributed by atoms with Gasteiger partial charge in [0.15, 0.2) is 6.61 Å². The van der Waals surface area contributed by atoms with Gasteiger partial charge in [0.2, 0.25) is 5.91 Å². The standard InChI is InChI=1S/C23H27N3O3/c1-17-4-2-3-5-19(17)15-25-10-12-26(13-11-25)23(28)16-29-20-7-8-21-18(14-20)6-9-22(27)24-21/h2-5,7-8,14H,6,9-13,15-16H2,1H3,(H,24,27). The van der Waals surface area contributed by atoms with E-state index in [1.54, 1.807) is 6.07 Å². The smallest absolute Gasteiger partial charge is 0.260 e. The Labute approximate surface area is 171 Å². The molecule has 0 atom stereocenters. The van der Waals surface area contributed by atoms with Crippen LogP contribution >= 0.6 is 0 Å². The first-order valence-corrected chi connectivity index (χ1v) is 10.2. The zero-order valence-electron chi connectivity index (χ0n) is 16.8. The summed E-state index contributed by atoms with van der Waals surface area (Å²) in [4.78, 5) is 28.3. The lowest BCUT2D eigenvalue weighted by Crippen LogP contribution is -2.49. The molecule has 152 valence electrons. The van der Waals surface area contributed by atoms with Crippen molar-refractivity contribution in [2.75, 3.05) is 38.1 Å². The van der Waals surface area contributed by atoms with E-state index in [4.69, 9.17) is 4.74 Å². The molecule has 6 heteroatoms. The Morgan fingerprint density at radius 1 is 1.07 bits per heavy atom. The van der Waals surface area contributed by atoms with Gasteiger partial charge < -0.3 is 15.0 Å². The monoisotopic (exact) mass is 393 g/mol. The van der Waals surface area contributed by atoms with Gasteiger partial charge in [-0.25, -0.2) is 0 Å². The molecule has 0 spiro atoms. The molecule has 2 aliphatic rings. The van der Waals surface area contributed by atoms with Gasteiger partial charge in [-0.05, 0) is 48.2 Å². The molecule has 29 heavy (non-hydrogen) atoms. The molecule has 0 aliphatic carbocycles. The Bertz CT molecular complexity index is 904. The molecule has 0 bridgehead atoms. The molecule has 1 fully saturated rings. The molecule has 2 heterocycles. The van der Waals surface area contributed by atoms with E-state index in [2.05, 4.69) is 41.4 Å². The number of benzene rings is 2. The first-order valence-electron chi connectivity index (χ1n) is 10.2. The van der Waals surface area contributed by atoms with Crippen LogP contribution in [-0.4, -0.2) is 54.4 Å². The van der Waals surface area contributed by atoms with Crippen LogP contribution in [-0.2, 0) is 22.6 Å². The number of piperazine rings is 1. The van der Waals surface area contributed by atoms with Crippen LogP contribution in [0.15, 0.2) is 42.5 Å². The Kier molecular flexibility index (Phi) is 5.81. The lowest BCUT2D eigenvalue weighted by atomic mass is 10.0. The third kappa shape index (κ3) is 4.77. The fraction of sp³-hybridized carbons (Fsp3) is 0.391. The Balaban J connectivity index is 1.25. The third-order valence-corrected chi connectivity index (χ3v) is 5.71. The van der Waals surface area contributed by atoms with Gasteiger partial charge in [0, 0.05) is 44.8 Å². The van der Waals surface area contributed by atoms with Gasteiger partial charge in [0.1, 0.15) is 5.75 Å². The maximum absolute atomic E-state index is 12.5. The minimum atomic E-state index is 0.0200. The number of nitrogens with zero attached hydrogens (tertiary/aromatic N) is 2. The summed E-state index contributed by atoms with van der Waals surface area (Å²) in [6.07, 6.45) is 1.19. The van der Waals surface area contributed by atoms with Crippen molar-refractivity contribution < 1.29 is 14.3 Å². The minimum absolute atomic E-state index is 0.0200. The van der Waals surface area contributed by atoms with Crippen molar-refractivity contribution in [2.45, 2.75) is 26.3 Å². The summed E-state index contributed by atoms with van der Waals surface area (Å²) in [5, 5.41) is 2.85. The van der Waals surface area contributed by atoms with Crippen LogP contribution in [0.5, 0.6) is 5.75 Å². The van der Waals surface area contributed by atoms with Gasteiger partial charge in [-0.3, -0.25) is 14.5 Å².